The molecule has 0 radical (unpaired) electrons. The van der Waals surface area contributed by atoms with Gasteiger partial charge in [0.25, 0.3) is 15.9 Å². The van der Waals surface area contributed by atoms with Crippen LogP contribution in [-0.4, -0.2) is 20.9 Å². The average molecular weight is 356 g/mol. The molecule has 0 unspecified atom stereocenters. The number of carbonyl (C=O) groups is 1. The molecule has 2 N–H and O–H groups in total. The van der Waals surface area contributed by atoms with E-state index in [2.05, 4.69) is 0 Å². The third-order valence-electron chi connectivity index (χ3n) is 2.87. The molecular weight excluding hydrogens is 342 g/mol. The van der Waals surface area contributed by atoms with Gasteiger partial charge in [0.05, 0.1) is 6.61 Å². The summed E-state index contributed by atoms with van der Waals surface area (Å²) in [6.45, 7) is 1.96. The van der Waals surface area contributed by atoms with Crippen molar-refractivity contribution in [1.82, 2.24) is 10.3 Å². The number of benzene rings is 2. The minimum Gasteiger partial charge on any atom is -0.494 e. The molecule has 0 saturated heterocycles. The smallest absolute Gasteiger partial charge is 0.266 e. The van der Waals surface area contributed by atoms with Crippen LogP contribution < -0.4 is 15.0 Å². The van der Waals surface area contributed by atoms with E-state index in [0.29, 0.717) is 0 Å². The lowest BCUT2D eigenvalue weighted by molar-refractivity contribution is 0.0944. The molecule has 6 nitrogen and oxygen atoms in total. The van der Waals surface area contributed by atoms with E-state index in [4.69, 9.17) is 4.74 Å². The van der Waals surface area contributed by atoms with E-state index >= 15 is 0 Å². The number of rotatable bonds is 6. The molecule has 0 saturated carbocycles. The fourth-order valence-electron chi connectivity index (χ4n) is 1.85. The molecule has 0 bridgehead atoms. The Balaban J connectivity index is 2.15. The predicted octanol–water partition coefficient (Wildman–Crippen LogP) is 1.99. The van der Waals surface area contributed by atoms with Gasteiger partial charge in [0.15, 0.2) is 0 Å². The zero-order valence-electron chi connectivity index (χ0n) is 12.5. The molecule has 24 heavy (non-hydrogen) atoms. The average Bonchev–Trinajstić information content (AvgIpc) is 2.52. The SMILES string of the molecule is CCOc1cc(F)cc(C(=O)NNS(=O)(=O)c2ccccc2F)c1. The fourth-order valence-corrected chi connectivity index (χ4v) is 2.77. The fraction of sp³-hybridized carbons (Fsp3) is 0.133. The van der Waals surface area contributed by atoms with Gasteiger partial charge in [-0.05, 0) is 31.2 Å². The minimum atomic E-state index is -4.31. The second-order valence-corrected chi connectivity index (χ2v) is 6.25. The Morgan fingerprint density at radius 2 is 1.88 bits per heavy atom. The quantitative estimate of drug-likeness (QED) is 0.775. The van der Waals surface area contributed by atoms with Crippen molar-refractivity contribution in [2.75, 3.05) is 6.61 Å². The van der Waals surface area contributed by atoms with E-state index in [9.17, 15) is 22.0 Å². The summed E-state index contributed by atoms with van der Waals surface area (Å²) in [4.78, 5) is 13.1. The number of sulfonamides is 1. The lowest BCUT2D eigenvalue weighted by Gasteiger charge is -2.10. The number of amides is 1. The van der Waals surface area contributed by atoms with Gasteiger partial charge in [0.2, 0.25) is 0 Å². The van der Waals surface area contributed by atoms with Crippen molar-refractivity contribution >= 4 is 15.9 Å². The van der Waals surface area contributed by atoms with Crippen LogP contribution in [0.1, 0.15) is 17.3 Å². The second-order valence-electron chi connectivity index (χ2n) is 4.60. The summed E-state index contributed by atoms with van der Waals surface area (Å²) in [6.07, 6.45) is 0. The topological polar surface area (TPSA) is 84.5 Å². The van der Waals surface area contributed by atoms with Gasteiger partial charge in [0, 0.05) is 11.6 Å². The Hall–Kier alpha value is -2.52. The number of carbonyl (C=O) groups excluding carboxylic acids is 1. The van der Waals surface area contributed by atoms with E-state index in [-0.39, 0.29) is 17.9 Å². The highest BCUT2D eigenvalue weighted by atomic mass is 32.2. The molecule has 0 aliphatic heterocycles. The molecule has 1 amide bonds. The van der Waals surface area contributed by atoms with Crippen molar-refractivity contribution in [3.63, 3.8) is 0 Å². The van der Waals surface area contributed by atoms with E-state index in [1.807, 2.05) is 5.43 Å². The Morgan fingerprint density at radius 1 is 1.17 bits per heavy atom. The van der Waals surface area contributed by atoms with E-state index in [1.54, 1.807) is 11.8 Å². The third kappa shape index (κ3) is 4.27. The van der Waals surface area contributed by atoms with Gasteiger partial charge in [-0.2, -0.15) is 0 Å². The Labute approximate surface area is 137 Å². The van der Waals surface area contributed by atoms with Crippen molar-refractivity contribution in [3.8, 4) is 5.75 Å². The summed E-state index contributed by atoms with van der Waals surface area (Å²) in [5.74, 6) is -2.48. The molecule has 0 fully saturated rings. The van der Waals surface area contributed by atoms with Gasteiger partial charge in [-0.15, -0.1) is 4.83 Å². The van der Waals surface area contributed by atoms with Gasteiger partial charge in [-0.1, -0.05) is 12.1 Å². The maximum absolute atomic E-state index is 13.5. The molecule has 0 aliphatic carbocycles. The minimum absolute atomic E-state index is 0.125. The van der Waals surface area contributed by atoms with E-state index < -0.39 is 32.5 Å². The molecule has 2 aromatic rings. The molecular formula is C15H14F2N2O4S. The number of hydrogen-bond acceptors (Lipinski definition) is 4. The van der Waals surface area contributed by atoms with Crippen molar-refractivity contribution in [2.45, 2.75) is 11.8 Å². The Bertz CT molecular complexity index is 856. The lowest BCUT2D eigenvalue weighted by atomic mass is 10.2. The molecule has 2 aromatic carbocycles. The third-order valence-corrected chi connectivity index (χ3v) is 4.15. The Kier molecular flexibility index (Phi) is 5.47. The summed E-state index contributed by atoms with van der Waals surface area (Å²) in [6, 6.07) is 7.92. The van der Waals surface area contributed by atoms with Crippen LogP contribution >= 0.6 is 0 Å². The maximum Gasteiger partial charge on any atom is 0.266 e. The monoisotopic (exact) mass is 356 g/mol. The normalized spacial score (nSPS) is 11.1. The number of ether oxygens (including phenoxy) is 1. The molecule has 0 aromatic heterocycles. The highest BCUT2D eigenvalue weighted by molar-refractivity contribution is 7.89. The highest BCUT2D eigenvalue weighted by Crippen LogP contribution is 2.17. The zero-order valence-corrected chi connectivity index (χ0v) is 13.4. The van der Waals surface area contributed by atoms with Crippen molar-refractivity contribution in [2.24, 2.45) is 0 Å². The van der Waals surface area contributed by atoms with Gasteiger partial charge in [-0.3, -0.25) is 10.2 Å². The van der Waals surface area contributed by atoms with Crippen LogP contribution in [0, 0.1) is 11.6 Å². The summed E-state index contributed by atoms with van der Waals surface area (Å²) in [5, 5.41) is 0. The van der Waals surface area contributed by atoms with Gasteiger partial charge in [-0.25, -0.2) is 17.2 Å². The van der Waals surface area contributed by atoms with Crippen molar-refractivity contribution in [3.05, 3.63) is 59.7 Å². The van der Waals surface area contributed by atoms with Crippen molar-refractivity contribution in [1.29, 1.82) is 0 Å². The van der Waals surface area contributed by atoms with Crippen LogP contribution in [0.3, 0.4) is 0 Å². The zero-order chi connectivity index (χ0) is 17.7. The van der Waals surface area contributed by atoms with Crippen LogP contribution in [0.5, 0.6) is 5.75 Å². The van der Waals surface area contributed by atoms with Crippen LogP contribution in [0.2, 0.25) is 0 Å². The Morgan fingerprint density at radius 3 is 2.54 bits per heavy atom. The van der Waals surface area contributed by atoms with Gasteiger partial charge >= 0.3 is 0 Å². The first-order valence-corrected chi connectivity index (χ1v) is 8.32. The number of halogens is 2. The highest BCUT2D eigenvalue weighted by Gasteiger charge is 2.20. The van der Waals surface area contributed by atoms with Crippen molar-refractivity contribution < 1.29 is 26.7 Å². The first kappa shape index (κ1) is 17.8. The van der Waals surface area contributed by atoms with Crippen LogP contribution in [-0.2, 0) is 10.0 Å². The summed E-state index contributed by atoms with van der Waals surface area (Å²) < 4.78 is 56.0. The van der Waals surface area contributed by atoms with E-state index in [1.165, 1.54) is 18.2 Å². The first-order chi connectivity index (χ1) is 11.3. The number of nitrogens with one attached hydrogen (secondary N) is 2. The van der Waals surface area contributed by atoms with Crippen LogP contribution in [0.25, 0.3) is 0 Å². The lowest BCUT2D eigenvalue weighted by Crippen LogP contribution is -2.41. The van der Waals surface area contributed by atoms with E-state index in [0.717, 1.165) is 24.3 Å². The molecule has 0 atom stereocenters. The molecule has 9 heteroatoms. The molecule has 2 rings (SSSR count). The summed E-state index contributed by atoms with van der Waals surface area (Å²) in [5.41, 5.74) is 1.74. The first-order valence-electron chi connectivity index (χ1n) is 6.83. The predicted molar refractivity (Wildman–Crippen MR) is 81.8 cm³/mol. The van der Waals surface area contributed by atoms with Gasteiger partial charge in [0.1, 0.15) is 22.3 Å². The number of hydrogen-bond donors (Lipinski definition) is 2. The van der Waals surface area contributed by atoms with Crippen LogP contribution in [0.15, 0.2) is 47.4 Å². The second kappa shape index (κ2) is 7.37. The molecule has 0 aliphatic rings. The standard InChI is InChI=1S/C15H14F2N2O4S/c1-2-23-12-8-10(7-11(16)9-12)15(20)18-19-24(21,22)14-6-4-3-5-13(14)17/h3-9,19H,2H2,1H3,(H,18,20). The maximum atomic E-state index is 13.5. The molecule has 0 spiro atoms. The van der Waals surface area contributed by atoms with Crippen LogP contribution in [0.4, 0.5) is 8.78 Å². The number of hydrazine groups is 1. The largest absolute Gasteiger partial charge is 0.494 e. The molecule has 128 valence electrons. The molecule has 0 heterocycles. The summed E-state index contributed by atoms with van der Waals surface area (Å²) in [7, 11) is -4.31. The van der Waals surface area contributed by atoms with Gasteiger partial charge < -0.3 is 4.74 Å². The summed E-state index contributed by atoms with van der Waals surface area (Å²) >= 11 is 0.